The highest BCUT2D eigenvalue weighted by molar-refractivity contribution is 7.92. The van der Waals surface area contributed by atoms with Crippen molar-refractivity contribution in [1.29, 1.82) is 0 Å². The molecule has 0 bridgehead atoms. The number of benzene rings is 2. The summed E-state index contributed by atoms with van der Waals surface area (Å²) >= 11 is 0. The molecule has 0 unspecified atom stereocenters. The summed E-state index contributed by atoms with van der Waals surface area (Å²) in [6, 6.07) is 11.4. The van der Waals surface area contributed by atoms with Gasteiger partial charge in [0, 0.05) is 18.4 Å². The van der Waals surface area contributed by atoms with Gasteiger partial charge in [-0.3, -0.25) is 4.79 Å². The Morgan fingerprint density at radius 1 is 1.21 bits per heavy atom. The first kappa shape index (κ1) is 22.6. The van der Waals surface area contributed by atoms with Crippen LogP contribution in [0.15, 0.2) is 47.9 Å². The first-order valence-corrected chi connectivity index (χ1v) is 10.6. The van der Waals surface area contributed by atoms with Crippen molar-refractivity contribution in [2.24, 2.45) is 0 Å². The Kier molecular flexibility index (Phi) is 7.92. The molecule has 8 heteroatoms. The van der Waals surface area contributed by atoms with Crippen molar-refractivity contribution in [3.8, 4) is 5.75 Å². The Balaban J connectivity index is 1.82. The van der Waals surface area contributed by atoms with Crippen LogP contribution in [0.5, 0.6) is 5.75 Å². The van der Waals surface area contributed by atoms with Gasteiger partial charge in [0.1, 0.15) is 0 Å². The fourth-order valence-corrected chi connectivity index (χ4v) is 3.37. The number of rotatable bonds is 9. The first-order chi connectivity index (χ1) is 13.7. The molecule has 2 aromatic rings. The van der Waals surface area contributed by atoms with Crippen LogP contribution in [0.2, 0.25) is 0 Å². The number of carbonyl (C=O) groups excluding carboxylic acids is 1. The molecule has 29 heavy (non-hydrogen) atoms. The van der Waals surface area contributed by atoms with Gasteiger partial charge in [-0.2, -0.15) is 0 Å². The second kappa shape index (κ2) is 10.2. The summed E-state index contributed by atoms with van der Waals surface area (Å²) in [7, 11) is -2.28. The molecule has 2 aromatic carbocycles. The molecule has 0 saturated carbocycles. The zero-order valence-corrected chi connectivity index (χ0v) is 17.4. The molecule has 0 spiro atoms. The largest absolute Gasteiger partial charge is 0.494 e. The van der Waals surface area contributed by atoms with Gasteiger partial charge in [0.2, 0.25) is 15.9 Å². The minimum absolute atomic E-state index is 0.0411. The molecule has 1 amide bonds. The number of aryl methyl sites for hydroxylation is 1. The fourth-order valence-electron chi connectivity index (χ4n) is 2.55. The monoisotopic (exact) mass is 420 g/mol. The lowest BCUT2D eigenvalue weighted by atomic mass is 10.1. The van der Waals surface area contributed by atoms with Crippen molar-refractivity contribution in [2.75, 3.05) is 13.7 Å². The highest BCUT2D eigenvalue weighted by atomic mass is 32.2. The minimum Gasteiger partial charge on any atom is -0.494 e. The molecule has 0 aliphatic carbocycles. The van der Waals surface area contributed by atoms with E-state index in [1.807, 2.05) is 31.2 Å². The Morgan fingerprint density at radius 2 is 1.90 bits per heavy atom. The van der Waals surface area contributed by atoms with Gasteiger partial charge < -0.3 is 10.1 Å². The number of hydrogen-bond acceptors (Lipinski definition) is 4. The fraction of sp³-hybridized carbons (Fsp3) is 0.286. The summed E-state index contributed by atoms with van der Waals surface area (Å²) in [5, 5.41) is 3.78. The van der Waals surface area contributed by atoms with Crippen molar-refractivity contribution in [2.45, 2.75) is 26.3 Å². The third-order valence-electron chi connectivity index (χ3n) is 4.23. The average molecular weight is 421 g/mol. The lowest BCUT2D eigenvalue weighted by molar-refractivity contribution is -0.121. The smallest absolute Gasteiger partial charge is 0.233 e. The molecule has 6 nitrogen and oxygen atoms in total. The van der Waals surface area contributed by atoms with Crippen LogP contribution >= 0.6 is 0 Å². The van der Waals surface area contributed by atoms with Crippen LogP contribution in [0.25, 0.3) is 6.08 Å². The van der Waals surface area contributed by atoms with Crippen LogP contribution in [0.1, 0.15) is 36.1 Å². The summed E-state index contributed by atoms with van der Waals surface area (Å²) in [4.78, 5) is 12.0. The van der Waals surface area contributed by atoms with Gasteiger partial charge in [0.05, 0.1) is 13.2 Å². The maximum absolute atomic E-state index is 13.8. The van der Waals surface area contributed by atoms with Crippen LogP contribution in [-0.4, -0.2) is 28.0 Å². The van der Waals surface area contributed by atoms with E-state index in [-0.39, 0.29) is 24.6 Å². The van der Waals surface area contributed by atoms with Crippen molar-refractivity contribution >= 4 is 22.0 Å². The summed E-state index contributed by atoms with van der Waals surface area (Å²) in [5.41, 5.74) is 2.43. The van der Waals surface area contributed by atoms with Crippen LogP contribution in [-0.2, 0) is 14.8 Å². The molecule has 1 atom stereocenters. The quantitative estimate of drug-likeness (QED) is 0.652. The molecule has 0 aliphatic rings. The number of halogens is 1. The van der Waals surface area contributed by atoms with Crippen LogP contribution in [0, 0.1) is 12.7 Å². The third-order valence-corrected chi connectivity index (χ3v) is 5.33. The maximum Gasteiger partial charge on any atom is 0.233 e. The van der Waals surface area contributed by atoms with E-state index < -0.39 is 21.9 Å². The molecular formula is C21H25FN2O4S. The Morgan fingerprint density at radius 3 is 2.52 bits per heavy atom. The van der Waals surface area contributed by atoms with E-state index in [1.165, 1.54) is 25.3 Å². The van der Waals surface area contributed by atoms with E-state index in [9.17, 15) is 17.6 Å². The van der Waals surface area contributed by atoms with E-state index in [1.54, 1.807) is 13.0 Å². The van der Waals surface area contributed by atoms with Gasteiger partial charge in [-0.15, -0.1) is 0 Å². The molecule has 2 rings (SSSR count). The van der Waals surface area contributed by atoms with Crippen LogP contribution in [0.3, 0.4) is 0 Å². The molecule has 0 fully saturated rings. The second-order valence-corrected chi connectivity index (χ2v) is 8.24. The first-order valence-electron chi connectivity index (χ1n) is 9.07. The number of ether oxygens (including phenoxy) is 1. The average Bonchev–Trinajstić information content (AvgIpc) is 2.67. The predicted octanol–water partition coefficient (Wildman–Crippen LogP) is 3.30. The molecule has 0 saturated heterocycles. The van der Waals surface area contributed by atoms with E-state index in [0.717, 1.165) is 16.5 Å². The van der Waals surface area contributed by atoms with Crippen molar-refractivity contribution in [3.63, 3.8) is 0 Å². The lowest BCUT2D eigenvalue weighted by Crippen LogP contribution is -2.31. The second-order valence-electron chi connectivity index (χ2n) is 6.59. The van der Waals surface area contributed by atoms with Gasteiger partial charge in [0.15, 0.2) is 11.6 Å². The third kappa shape index (κ3) is 7.32. The molecule has 156 valence electrons. The topological polar surface area (TPSA) is 84.5 Å². The Hall–Kier alpha value is -2.71. The molecule has 0 aliphatic heterocycles. The minimum atomic E-state index is -3.65. The Labute approximate surface area is 170 Å². The molecule has 0 aromatic heterocycles. The predicted molar refractivity (Wildman–Crippen MR) is 111 cm³/mol. The number of nitrogens with one attached hydrogen (secondary N) is 2. The summed E-state index contributed by atoms with van der Waals surface area (Å²) in [6.07, 6.45) is 1.45. The highest BCUT2D eigenvalue weighted by Gasteiger charge is 2.13. The van der Waals surface area contributed by atoms with Crippen LogP contribution < -0.4 is 14.8 Å². The zero-order valence-electron chi connectivity index (χ0n) is 16.6. The van der Waals surface area contributed by atoms with E-state index >= 15 is 0 Å². The normalized spacial score (nSPS) is 12.7. The summed E-state index contributed by atoms with van der Waals surface area (Å²) < 4.78 is 45.0. The maximum atomic E-state index is 13.8. The molecule has 0 radical (unpaired) electrons. The number of methoxy groups -OCH3 is 1. The molecule has 2 N–H and O–H groups in total. The van der Waals surface area contributed by atoms with Gasteiger partial charge in [0.25, 0.3) is 0 Å². The van der Waals surface area contributed by atoms with E-state index in [4.69, 9.17) is 4.74 Å². The van der Waals surface area contributed by atoms with Gasteiger partial charge in [-0.05, 0) is 43.2 Å². The molecular weight excluding hydrogens is 395 g/mol. The number of sulfonamides is 1. The summed E-state index contributed by atoms with van der Waals surface area (Å²) in [5.74, 6) is -0.737. The van der Waals surface area contributed by atoms with Gasteiger partial charge >= 0.3 is 0 Å². The summed E-state index contributed by atoms with van der Waals surface area (Å²) in [6.45, 7) is 3.62. The lowest BCUT2D eigenvalue weighted by Gasteiger charge is -2.15. The SMILES string of the molecule is COc1ccc([C@H](C)NC(=O)CCNS(=O)(=O)/C=C/c2ccc(C)cc2)cc1F. The Bertz CT molecular complexity index is 973. The van der Waals surface area contributed by atoms with Crippen molar-refractivity contribution in [3.05, 3.63) is 70.4 Å². The van der Waals surface area contributed by atoms with Crippen LogP contribution in [0.4, 0.5) is 4.39 Å². The standard InChI is InChI=1S/C21H25FN2O4S/c1-15-4-6-17(7-5-15)11-13-29(26,27)23-12-10-21(25)24-16(2)18-8-9-20(28-3)19(22)14-18/h4-9,11,13-14,16,23H,10,12H2,1-3H3,(H,24,25)/b13-11+/t16-/m0/s1. The number of amides is 1. The number of hydrogen-bond donors (Lipinski definition) is 2. The zero-order chi connectivity index (χ0) is 21.4. The van der Waals surface area contributed by atoms with E-state index in [0.29, 0.717) is 5.56 Å². The highest BCUT2D eigenvalue weighted by Crippen LogP contribution is 2.21. The van der Waals surface area contributed by atoms with Gasteiger partial charge in [-0.1, -0.05) is 35.9 Å². The van der Waals surface area contributed by atoms with E-state index in [2.05, 4.69) is 10.0 Å². The van der Waals surface area contributed by atoms with Gasteiger partial charge in [-0.25, -0.2) is 17.5 Å². The number of carbonyl (C=O) groups is 1. The van der Waals surface area contributed by atoms with Crippen molar-refractivity contribution < 1.29 is 22.3 Å². The van der Waals surface area contributed by atoms with Crippen molar-refractivity contribution in [1.82, 2.24) is 10.0 Å². The molecule has 0 heterocycles.